The van der Waals surface area contributed by atoms with Gasteiger partial charge in [0.05, 0.1) is 12.6 Å². The summed E-state index contributed by atoms with van der Waals surface area (Å²) >= 11 is 0. The topological polar surface area (TPSA) is 155 Å². The number of benzene rings is 2. The molecule has 0 fully saturated rings. The molecule has 3 rings (SSSR count). The van der Waals surface area contributed by atoms with Gasteiger partial charge in [-0.15, -0.1) is 0 Å². The number of oxazole rings is 1. The summed E-state index contributed by atoms with van der Waals surface area (Å²) < 4.78 is 74.9. The zero-order valence-corrected chi connectivity index (χ0v) is 25.0. The highest BCUT2D eigenvalue weighted by Gasteiger charge is 2.28. The molecule has 0 unspecified atom stereocenters. The molecule has 0 spiro atoms. The number of carbonyl (C=O) groups excluding carboxylic acids is 3. The minimum Gasteiger partial charge on any atom is -0.490 e. The number of primary amides is 1. The second kappa shape index (κ2) is 15.3. The van der Waals surface area contributed by atoms with Crippen LogP contribution in [-0.4, -0.2) is 41.7 Å². The number of hydrogen-bond acceptors (Lipinski definition) is 8. The Morgan fingerprint density at radius 2 is 1.78 bits per heavy atom. The third kappa shape index (κ3) is 10.7. The molecule has 11 nitrogen and oxygen atoms in total. The van der Waals surface area contributed by atoms with Crippen molar-refractivity contribution in [2.24, 2.45) is 5.73 Å². The summed E-state index contributed by atoms with van der Waals surface area (Å²) in [5.74, 6) is -3.59. The normalized spacial score (nSPS) is 12.0. The van der Waals surface area contributed by atoms with Gasteiger partial charge in [-0.2, -0.15) is 8.78 Å². The van der Waals surface area contributed by atoms with Gasteiger partial charge in [0.2, 0.25) is 11.8 Å². The minimum absolute atomic E-state index is 0.00202. The Balaban J connectivity index is 1.94. The van der Waals surface area contributed by atoms with Crippen molar-refractivity contribution in [2.75, 3.05) is 6.61 Å². The summed E-state index contributed by atoms with van der Waals surface area (Å²) in [7, 11) is 0. The van der Waals surface area contributed by atoms with Gasteiger partial charge < -0.3 is 35.0 Å². The SMILES string of the molecule is C[C@H](NC(=O)OC(C)(C)C)c1oc(-c2ccc(OC(F)F)c(OCCCCC(N)=O)c2)nc1C(=O)NCc1ccc(F)cc1F. The van der Waals surface area contributed by atoms with Crippen molar-refractivity contribution in [3.8, 4) is 23.0 Å². The number of nitrogens with one attached hydrogen (secondary N) is 2. The molecule has 0 aliphatic rings. The van der Waals surface area contributed by atoms with E-state index in [1.54, 1.807) is 20.8 Å². The third-order valence-electron chi connectivity index (χ3n) is 5.93. The lowest BCUT2D eigenvalue weighted by Gasteiger charge is -2.21. The molecule has 0 saturated heterocycles. The van der Waals surface area contributed by atoms with Crippen LogP contribution in [0, 0.1) is 11.6 Å². The lowest BCUT2D eigenvalue weighted by molar-refractivity contribution is -0.118. The number of alkyl carbamates (subject to hydrolysis) is 1. The highest BCUT2D eigenvalue weighted by molar-refractivity contribution is 5.94. The molecule has 0 aliphatic carbocycles. The van der Waals surface area contributed by atoms with Gasteiger partial charge in [-0.25, -0.2) is 18.6 Å². The number of unbranched alkanes of at least 4 members (excludes halogenated alkanes) is 1. The van der Waals surface area contributed by atoms with E-state index in [0.717, 1.165) is 6.07 Å². The second-order valence-corrected chi connectivity index (χ2v) is 10.8. The molecule has 0 radical (unpaired) electrons. The molecule has 15 heteroatoms. The molecular formula is C30H34F4N4O7. The molecule has 1 aromatic heterocycles. The van der Waals surface area contributed by atoms with Gasteiger partial charge in [0.1, 0.15) is 17.2 Å². The average molecular weight is 639 g/mol. The van der Waals surface area contributed by atoms with Crippen LogP contribution in [0.5, 0.6) is 11.5 Å². The van der Waals surface area contributed by atoms with Gasteiger partial charge in [-0.3, -0.25) is 9.59 Å². The second-order valence-electron chi connectivity index (χ2n) is 10.8. The summed E-state index contributed by atoms with van der Waals surface area (Å²) in [4.78, 5) is 40.9. The number of rotatable bonds is 14. The molecule has 3 aromatic rings. The summed E-state index contributed by atoms with van der Waals surface area (Å²) in [6, 6.07) is 5.77. The lowest BCUT2D eigenvalue weighted by Crippen LogP contribution is -2.34. The number of nitrogens with zero attached hydrogens (tertiary/aromatic N) is 1. The molecule has 45 heavy (non-hydrogen) atoms. The summed E-state index contributed by atoms with van der Waals surface area (Å²) in [6.45, 7) is 3.06. The van der Waals surface area contributed by atoms with Gasteiger partial charge in [-0.05, 0) is 64.8 Å². The molecule has 1 heterocycles. The maximum atomic E-state index is 14.2. The fraction of sp³-hybridized carbons (Fsp3) is 0.400. The molecule has 4 N–H and O–H groups in total. The zero-order chi connectivity index (χ0) is 33.3. The van der Waals surface area contributed by atoms with E-state index in [4.69, 9.17) is 19.6 Å². The van der Waals surface area contributed by atoms with E-state index in [1.165, 1.54) is 31.2 Å². The summed E-state index contributed by atoms with van der Waals surface area (Å²) in [5, 5.41) is 5.04. The van der Waals surface area contributed by atoms with E-state index in [9.17, 15) is 31.9 Å². The number of nitrogens with two attached hydrogens (primary N) is 1. The first-order valence-electron chi connectivity index (χ1n) is 13.9. The van der Waals surface area contributed by atoms with Crippen LogP contribution < -0.4 is 25.8 Å². The number of carbonyl (C=O) groups is 3. The first-order valence-corrected chi connectivity index (χ1v) is 13.9. The fourth-order valence-corrected chi connectivity index (χ4v) is 3.92. The van der Waals surface area contributed by atoms with Crippen molar-refractivity contribution in [3.05, 3.63) is 65.1 Å². The number of hydrogen-bond donors (Lipinski definition) is 3. The molecule has 0 bridgehead atoms. The van der Waals surface area contributed by atoms with Crippen molar-refractivity contribution < 1.29 is 50.6 Å². The minimum atomic E-state index is -3.15. The Labute approximate surface area is 256 Å². The predicted octanol–water partition coefficient (Wildman–Crippen LogP) is 5.77. The lowest BCUT2D eigenvalue weighted by atomic mass is 10.1. The number of ether oxygens (including phenoxy) is 3. The predicted molar refractivity (Wildman–Crippen MR) is 152 cm³/mol. The largest absolute Gasteiger partial charge is 0.490 e. The van der Waals surface area contributed by atoms with Crippen LogP contribution in [0.3, 0.4) is 0 Å². The summed E-state index contributed by atoms with van der Waals surface area (Å²) in [5.41, 5.74) is 4.22. The average Bonchev–Trinajstić information content (AvgIpc) is 3.37. The maximum Gasteiger partial charge on any atom is 0.408 e. The van der Waals surface area contributed by atoms with E-state index < -0.39 is 47.8 Å². The Morgan fingerprint density at radius 3 is 2.42 bits per heavy atom. The molecular weight excluding hydrogens is 604 g/mol. The quantitative estimate of drug-likeness (QED) is 0.149. The Morgan fingerprint density at radius 1 is 1.04 bits per heavy atom. The van der Waals surface area contributed by atoms with E-state index in [-0.39, 0.29) is 59.5 Å². The molecule has 0 aliphatic heterocycles. The van der Waals surface area contributed by atoms with Crippen LogP contribution in [0.2, 0.25) is 0 Å². The standard InChI is InChI=1S/C30H34F4N4O7/c1-16(37-29(41)45-30(2,3)4)25-24(26(40)36-15-18-8-10-19(31)14-20(18)32)38-27(44-25)17-9-11-21(43-28(33)34)22(13-17)42-12-6-5-7-23(35)39/h8-11,13-14,16,28H,5-7,12,15H2,1-4H3,(H2,35,39)(H,36,40)(H,37,41)/t16-/m0/s1. The molecule has 3 amide bonds. The number of alkyl halides is 2. The van der Waals surface area contributed by atoms with E-state index >= 15 is 0 Å². The van der Waals surface area contributed by atoms with Gasteiger partial charge >= 0.3 is 12.7 Å². The highest BCUT2D eigenvalue weighted by Crippen LogP contribution is 2.35. The van der Waals surface area contributed by atoms with Crippen molar-refractivity contribution in [2.45, 2.75) is 71.8 Å². The summed E-state index contributed by atoms with van der Waals surface area (Å²) in [6.07, 6.45) is 0.105. The van der Waals surface area contributed by atoms with Crippen LogP contribution in [0.15, 0.2) is 40.8 Å². The zero-order valence-electron chi connectivity index (χ0n) is 25.0. The Kier molecular flexibility index (Phi) is 11.8. The number of amides is 3. The smallest absolute Gasteiger partial charge is 0.408 e. The van der Waals surface area contributed by atoms with E-state index in [1.807, 2.05) is 0 Å². The van der Waals surface area contributed by atoms with Crippen LogP contribution in [0.25, 0.3) is 11.5 Å². The molecule has 0 saturated carbocycles. The first-order chi connectivity index (χ1) is 21.1. The van der Waals surface area contributed by atoms with E-state index in [2.05, 4.69) is 20.4 Å². The maximum absolute atomic E-state index is 14.2. The van der Waals surface area contributed by atoms with Crippen molar-refractivity contribution in [3.63, 3.8) is 0 Å². The van der Waals surface area contributed by atoms with Gasteiger partial charge in [0, 0.05) is 30.2 Å². The molecule has 244 valence electrons. The molecule has 1 atom stereocenters. The van der Waals surface area contributed by atoms with Crippen molar-refractivity contribution in [1.82, 2.24) is 15.6 Å². The third-order valence-corrected chi connectivity index (χ3v) is 5.93. The molecule has 2 aromatic carbocycles. The van der Waals surface area contributed by atoms with Crippen molar-refractivity contribution in [1.29, 1.82) is 0 Å². The van der Waals surface area contributed by atoms with Crippen LogP contribution >= 0.6 is 0 Å². The van der Waals surface area contributed by atoms with E-state index in [0.29, 0.717) is 18.9 Å². The van der Waals surface area contributed by atoms with Crippen LogP contribution in [0.4, 0.5) is 22.4 Å². The fourth-order valence-electron chi connectivity index (χ4n) is 3.92. The van der Waals surface area contributed by atoms with Gasteiger partial charge in [0.15, 0.2) is 23.0 Å². The first kappa shape index (κ1) is 34.7. The van der Waals surface area contributed by atoms with Crippen LogP contribution in [-0.2, 0) is 16.1 Å². The highest BCUT2D eigenvalue weighted by atomic mass is 19.3. The van der Waals surface area contributed by atoms with Gasteiger partial charge in [-0.1, -0.05) is 6.07 Å². The van der Waals surface area contributed by atoms with Gasteiger partial charge in [0.25, 0.3) is 5.91 Å². The monoisotopic (exact) mass is 638 g/mol. The van der Waals surface area contributed by atoms with Crippen LogP contribution in [0.1, 0.15) is 74.8 Å². The Hall–Kier alpha value is -4.82. The number of aromatic nitrogens is 1. The number of halogens is 4. The van der Waals surface area contributed by atoms with Crippen molar-refractivity contribution >= 4 is 17.9 Å². The Bertz CT molecular complexity index is 1510.